The van der Waals surface area contributed by atoms with Crippen molar-refractivity contribution in [1.29, 1.82) is 0 Å². The number of fused-ring (bicyclic) bond motifs is 1. The lowest BCUT2D eigenvalue weighted by Crippen LogP contribution is -2.47. The van der Waals surface area contributed by atoms with Crippen molar-refractivity contribution in [3.63, 3.8) is 0 Å². The first-order valence-corrected chi connectivity index (χ1v) is 13.5. The molecule has 218 valence electrons. The van der Waals surface area contributed by atoms with Crippen molar-refractivity contribution in [3.8, 4) is 0 Å². The van der Waals surface area contributed by atoms with Gasteiger partial charge in [-0.05, 0) is 75.2 Å². The highest BCUT2D eigenvalue weighted by molar-refractivity contribution is 5.94. The number of likely N-dealkylation sites (tertiary alicyclic amines) is 1. The molecule has 0 saturated carbocycles. The van der Waals surface area contributed by atoms with Gasteiger partial charge in [0.1, 0.15) is 0 Å². The fourth-order valence-electron chi connectivity index (χ4n) is 5.05. The van der Waals surface area contributed by atoms with Gasteiger partial charge in [-0.2, -0.15) is 18.2 Å². The van der Waals surface area contributed by atoms with Crippen LogP contribution >= 0.6 is 0 Å². The fourth-order valence-corrected chi connectivity index (χ4v) is 5.05. The minimum absolute atomic E-state index is 0.0956. The molecule has 2 aliphatic heterocycles. The lowest BCUT2D eigenvalue weighted by molar-refractivity contribution is -0.162. The van der Waals surface area contributed by atoms with E-state index in [1.807, 2.05) is 12.1 Å². The molecule has 5 rings (SSSR count). The van der Waals surface area contributed by atoms with Crippen LogP contribution in [0, 0.1) is 0 Å². The SMILES string of the molecule is CC1CC(NC(=O)c2ccc(Nc3nc4c(C5=CCN(C(=O)OCC(F)(F)F)CC5)cccn4n3)cc2)CCN1C. The predicted molar refractivity (Wildman–Crippen MR) is 147 cm³/mol. The van der Waals surface area contributed by atoms with Crippen LogP contribution < -0.4 is 10.6 Å². The number of alkyl halides is 3. The number of halogens is 3. The lowest BCUT2D eigenvalue weighted by atomic mass is 9.98. The smallest absolute Gasteiger partial charge is 0.422 e. The average molecular weight is 572 g/mol. The molecular formula is C28H32F3N7O3. The monoisotopic (exact) mass is 571 g/mol. The zero-order valence-electron chi connectivity index (χ0n) is 22.8. The summed E-state index contributed by atoms with van der Waals surface area (Å²) in [6, 6.07) is 11.4. The van der Waals surface area contributed by atoms with Crippen molar-refractivity contribution >= 4 is 34.9 Å². The van der Waals surface area contributed by atoms with Crippen LogP contribution in [-0.4, -0.2) is 87.9 Å². The Morgan fingerprint density at radius 3 is 2.61 bits per heavy atom. The molecule has 13 heteroatoms. The maximum atomic E-state index is 12.8. The minimum Gasteiger partial charge on any atom is -0.440 e. The predicted octanol–water partition coefficient (Wildman–Crippen LogP) is 4.47. The molecule has 2 unspecified atom stereocenters. The van der Waals surface area contributed by atoms with Gasteiger partial charge in [-0.25, -0.2) is 9.31 Å². The van der Waals surface area contributed by atoms with Gasteiger partial charge in [0.25, 0.3) is 5.91 Å². The van der Waals surface area contributed by atoms with Gasteiger partial charge in [-0.1, -0.05) is 6.08 Å². The summed E-state index contributed by atoms with van der Waals surface area (Å²) in [5, 5.41) is 10.8. The molecule has 0 spiro atoms. The fraction of sp³-hybridized carbons (Fsp3) is 0.429. The molecule has 0 aliphatic carbocycles. The molecule has 4 heterocycles. The standard InChI is InChI=1S/C28H32F3N7O3/c1-18-16-22(11-13-36(18)2)32-25(39)20-5-7-21(8-6-20)33-26-34-24-23(4-3-12-38(24)35-26)19-9-14-37(15-10-19)27(40)41-17-28(29,30)31/h3-9,12,18,22H,10-11,13-17H2,1-2H3,(H,32,39)(H,33,35). The lowest BCUT2D eigenvalue weighted by Gasteiger charge is -2.35. The summed E-state index contributed by atoms with van der Waals surface area (Å²) < 4.78 is 43.1. The summed E-state index contributed by atoms with van der Waals surface area (Å²) in [4.78, 5) is 32.9. The molecule has 10 nitrogen and oxygen atoms in total. The number of piperidine rings is 1. The highest BCUT2D eigenvalue weighted by Gasteiger charge is 2.31. The third kappa shape index (κ3) is 6.96. The van der Waals surface area contributed by atoms with E-state index in [1.165, 1.54) is 4.90 Å². The first-order chi connectivity index (χ1) is 19.6. The van der Waals surface area contributed by atoms with Crippen LogP contribution in [0.2, 0.25) is 0 Å². The van der Waals surface area contributed by atoms with Crippen LogP contribution in [0.5, 0.6) is 0 Å². The quantitative estimate of drug-likeness (QED) is 0.450. The Bertz CT molecular complexity index is 1440. The Hall–Kier alpha value is -4.13. The number of carbonyl (C=O) groups is 2. The van der Waals surface area contributed by atoms with E-state index in [1.54, 1.807) is 41.1 Å². The largest absolute Gasteiger partial charge is 0.440 e. The van der Waals surface area contributed by atoms with E-state index >= 15 is 0 Å². The van der Waals surface area contributed by atoms with Gasteiger partial charge in [0.2, 0.25) is 5.95 Å². The maximum Gasteiger partial charge on any atom is 0.422 e. The molecule has 2 aromatic heterocycles. The topological polar surface area (TPSA) is 104 Å². The number of carbonyl (C=O) groups excluding carboxylic acids is 2. The Morgan fingerprint density at radius 1 is 1.15 bits per heavy atom. The number of ether oxygens (including phenoxy) is 1. The molecule has 41 heavy (non-hydrogen) atoms. The first kappa shape index (κ1) is 28.4. The van der Waals surface area contributed by atoms with Crippen molar-refractivity contribution in [3.05, 3.63) is 59.8 Å². The van der Waals surface area contributed by atoms with Crippen molar-refractivity contribution in [2.24, 2.45) is 0 Å². The van der Waals surface area contributed by atoms with Gasteiger partial charge < -0.3 is 25.2 Å². The van der Waals surface area contributed by atoms with E-state index < -0.39 is 18.9 Å². The number of nitrogens with one attached hydrogen (secondary N) is 2. The minimum atomic E-state index is -4.57. The third-order valence-corrected chi connectivity index (χ3v) is 7.48. The van der Waals surface area contributed by atoms with Crippen molar-refractivity contribution < 1.29 is 27.5 Å². The molecule has 1 fully saturated rings. The highest BCUT2D eigenvalue weighted by atomic mass is 19.4. The Morgan fingerprint density at radius 2 is 1.93 bits per heavy atom. The molecule has 3 aromatic rings. The zero-order valence-corrected chi connectivity index (χ0v) is 22.8. The number of benzene rings is 1. The summed E-state index contributed by atoms with van der Waals surface area (Å²) in [5.41, 5.74) is 3.61. The van der Waals surface area contributed by atoms with Gasteiger partial charge in [-0.3, -0.25) is 4.79 Å². The van der Waals surface area contributed by atoms with Crippen molar-refractivity contribution in [2.45, 2.75) is 44.4 Å². The normalized spacial score (nSPS) is 20.0. The molecule has 0 radical (unpaired) electrons. The van der Waals surface area contributed by atoms with E-state index in [9.17, 15) is 22.8 Å². The second-order valence-corrected chi connectivity index (χ2v) is 10.4. The Balaban J connectivity index is 1.22. The van der Waals surface area contributed by atoms with Gasteiger partial charge in [0.15, 0.2) is 12.3 Å². The van der Waals surface area contributed by atoms with E-state index in [2.05, 4.69) is 44.3 Å². The number of anilines is 2. The second kappa shape index (κ2) is 11.8. The zero-order chi connectivity index (χ0) is 29.1. The number of hydrogen-bond acceptors (Lipinski definition) is 7. The molecule has 2 aliphatic rings. The van der Waals surface area contributed by atoms with Crippen LogP contribution in [0.4, 0.5) is 29.6 Å². The number of pyridine rings is 1. The molecule has 1 aromatic carbocycles. The molecule has 2 N–H and O–H groups in total. The van der Waals surface area contributed by atoms with Crippen LogP contribution in [0.25, 0.3) is 11.2 Å². The van der Waals surface area contributed by atoms with Crippen LogP contribution in [0.15, 0.2) is 48.7 Å². The maximum absolute atomic E-state index is 12.8. The van der Waals surface area contributed by atoms with Gasteiger partial charge in [-0.15, -0.1) is 5.10 Å². The van der Waals surface area contributed by atoms with Crippen LogP contribution in [-0.2, 0) is 4.74 Å². The van der Waals surface area contributed by atoms with E-state index in [0.29, 0.717) is 29.6 Å². The number of nitrogens with zero attached hydrogens (tertiary/aromatic N) is 5. The van der Waals surface area contributed by atoms with E-state index in [4.69, 9.17) is 0 Å². The summed E-state index contributed by atoms with van der Waals surface area (Å²) in [7, 11) is 2.10. The summed E-state index contributed by atoms with van der Waals surface area (Å²) in [6.45, 7) is 1.86. The van der Waals surface area contributed by atoms with Gasteiger partial charge in [0.05, 0.1) is 0 Å². The Labute approximate surface area is 235 Å². The Kier molecular flexibility index (Phi) is 8.15. The second-order valence-electron chi connectivity index (χ2n) is 10.4. The van der Waals surface area contributed by atoms with E-state index in [0.717, 1.165) is 36.2 Å². The summed E-state index contributed by atoms with van der Waals surface area (Å²) >= 11 is 0. The van der Waals surface area contributed by atoms with Crippen LogP contribution in [0.3, 0.4) is 0 Å². The molecule has 0 bridgehead atoms. The summed E-state index contributed by atoms with van der Waals surface area (Å²) in [5.74, 6) is 0.269. The molecule has 2 amide bonds. The van der Waals surface area contributed by atoms with E-state index in [-0.39, 0.29) is 25.0 Å². The number of hydrogen-bond donors (Lipinski definition) is 2. The molecular weight excluding hydrogens is 539 g/mol. The van der Waals surface area contributed by atoms with Crippen molar-refractivity contribution in [1.82, 2.24) is 29.7 Å². The molecule has 2 atom stereocenters. The highest BCUT2D eigenvalue weighted by Crippen LogP contribution is 2.27. The first-order valence-electron chi connectivity index (χ1n) is 13.5. The van der Waals surface area contributed by atoms with Crippen LogP contribution in [0.1, 0.15) is 42.1 Å². The van der Waals surface area contributed by atoms with Gasteiger partial charge >= 0.3 is 12.3 Å². The third-order valence-electron chi connectivity index (χ3n) is 7.48. The van der Waals surface area contributed by atoms with Crippen molar-refractivity contribution in [2.75, 3.05) is 38.6 Å². The average Bonchev–Trinajstić information content (AvgIpc) is 3.36. The molecule has 1 saturated heterocycles. The summed E-state index contributed by atoms with van der Waals surface area (Å²) in [6.07, 6.45) is 0.263. The number of rotatable bonds is 6. The van der Waals surface area contributed by atoms with Gasteiger partial charge in [0, 0.05) is 54.7 Å². The number of aromatic nitrogens is 3. The number of amides is 2.